The van der Waals surface area contributed by atoms with E-state index >= 15 is 0 Å². The predicted molar refractivity (Wildman–Crippen MR) is 188 cm³/mol. The van der Waals surface area contributed by atoms with Crippen LogP contribution in [0.15, 0.2) is 108 Å². The average Bonchev–Trinajstić information content (AvgIpc) is 3.58. The summed E-state index contributed by atoms with van der Waals surface area (Å²) in [4.78, 5) is 0. The Morgan fingerprint density at radius 1 is 0.340 bits per heavy atom. The second-order valence-electron chi connectivity index (χ2n) is 11.9. The zero-order valence-corrected chi connectivity index (χ0v) is 25.7. The van der Waals surface area contributed by atoms with Crippen molar-refractivity contribution in [3.63, 3.8) is 0 Å². The molecule has 7 aromatic carbocycles. The van der Waals surface area contributed by atoms with Crippen molar-refractivity contribution in [2.45, 2.75) is 0 Å². The first-order valence-corrected chi connectivity index (χ1v) is 15.3. The fourth-order valence-corrected chi connectivity index (χ4v) is 6.71. The Balaban J connectivity index is 1.35. The van der Waals surface area contributed by atoms with Crippen molar-refractivity contribution in [3.05, 3.63) is 103 Å². The fourth-order valence-electron chi connectivity index (χ4n) is 6.71. The third-order valence-corrected chi connectivity index (χ3v) is 9.04. The number of rotatable bonds is 4. The molecule has 50 heavy (non-hydrogen) atoms. The number of hydrogen-bond acceptors (Lipinski definition) is 10. The minimum atomic E-state index is -1.06. The van der Waals surface area contributed by atoms with E-state index in [0.717, 1.165) is 10.9 Å². The van der Waals surface area contributed by atoms with Crippen LogP contribution in [-0.2, 0) is 0 Å². The minimum Gasteiger partial charge on any atom is -0.504 e. The molecule has 0 saturated heterocycles. The van der Waals surface area contributed by atoms with E-state index in [1.807, 2.05) is 60.7 Å². The highest BCUT2D eigenvalue weighted by atomic mass is 16.4. The lowest BCUT2D eigenvalue weighted by Gasteiger charge is -2.20. The summed E-state index contributed by atoms with van der Waals surface area (Å²) >= 11 is 0. The molecule has 0 radical (unpaired) electrons. The Morgan fingerprint density at radius 2 is 0.820 bits per heavy atom. The average molecular weight is 667 g/mol. The molecule has 0 aliphatic heterocycles. The van der Waals surface area contributed by atoms with Gasteiger partial charge in [0, 0.05) is 32.8 Å². The largest absolute Gasteiger partial charge is 0.504 e. The normalized spacial score (nSPS) is 11.5. The van der Waals surface area contributed by atoms with Crippen LogP contribution >= 0.6 is 0 Å². The molecule has 0 aliphatic carbocycles. The van der Waals surface area contributed by atoms with Crippen LogP contribution in [0.25, 0.3) is 77.2 Å². The van der Waals surface area contributed by atoms with Crippen molar-refractivity contribution in [1.29, 1.82) is 0 Å². The van der Waals surface area contributed by atoms with E-state index < -0.39 is 51.7 Å². The van der Waals surface area contributed by atoms with Crippen molar-refractivity contribution >= 4 is 32.5 Å². The van der Waals surface area contributed by atoms with Crippen LogP contribution in [0.4, 0.5) is 0 Å². The zero-order chi connectivity index (χ0) is 35.0. The number of fused-ring (bicyclic) bond motifs is 3. The van der Waals surface area contributed by atoms with Gasteiger partial charge in [-0.3, -0.25) is 0 Å². The van der Waals surface area contributed by atoms with Gasteiger partial charge in [0.1, 0.15) is 11.3 Å². The summed E-state index contributed by atoms with van der Waals surface area (Å²) in [5.41, 5.74) is 3.27. The van der Waals surface area contributed by atoms with Crippen LogP contribution in [0.3, 0.4) is 0 Å². The zero-order valence-electron chi connectivity index (χ0n) is 25.7. The fraction of sp³-hybridized carbons (Fsp3) is 0. The Labute approximate surface area is 282 Å². The molecule has 246 valence electrons. The standard InChI is InChI=1S/C40H26O10/c41-32-29(33(42)37(46)40(49)36(32)45)20-10-6-9-19(15-20)26-17-22-16-21(13-14-25(22)50-26)28-24-12-5-4-11-23(24)27(18-7-2-1-3-8-18)30-31(28)35(44)39(48)38(47)34(30)43/h1-17,41-49H. The third kappa shape index (κ3) is 4.29. The van der Waals surface area contributed by atoms with Gasteiger partial charge >= 0.3 is 0 Å². The molecule has 0 aliphatic rings. The smallest absolute Gasteiger partial charge is 0.208 e. The van der Waals surface area contributed by atoms with Gasteiger partial charge in [-0.1, -0.05) is 78.9 Å². The summed E-state index contributed by atoms with van der Waals surface area (Å²) in [6.45, 7) is 0. The molecule has 0 fully saturated rings. The third-order valence-electron chi connectivity index (χ3n) is 9.04. The molecular formula is C40H26O10. The van der Waals surface area contributed by atoms with Crippen molar-refractivity contribution < 1.29 is 50.4 Å². The molecule has 0 unspecified atom stereocenters. The number of aromatic hydroxyl groups is 9. The van der Waals surface area contributed by atoms with Gasteiger partial charge in [-0.25, -0.2) is 0 Å². The maximum Gasteiger partial charge on any atom is 0.208 e. The van der Waals surface area contributed by atoms with Crippen molar-refractivity contribution in [1.82, 2.24) is 0 Å². The molecule has 10 nitrogen and oxygen atoms in total. The van der Waals surface area contributed by atoms with Gasteiger partial charge < -0.3 is 50.4 Å². The summed E-state index contributed by atoms with van der Waals surface area (Å²) in [5.74, 6) is -7.17. The van der Waals surface area contributed by atoms with Crippen molar-refractivity contribution in [3.8, 4) is 96.5 Å². The van der Waals surface area contributed by atoms with E-state index in [1.165, 1.54) is 6.07 Å². The van der Waals surface area contributed by atoms with Crippen LogP contribution in [0, 0.1) is 0 Å². The summed E-state index contributed by atoms with van der Waals surface area (Å²) in [5, 5.41) is 97.4. The van der Waals surface area contributed by atoms with Gasteiger partial charge in [-0.05, 0) is 51.7 Å². The lowest BCUT2D eigenvalue weighted by atomic mass is 9.84. The number of furan rings is 1. The number of hydrogen-bond donors (Lipinski definition) is 9. The molecule has 0 amide bonds. The molecule has 1 heterocycles. The molecule has 0 saturated carbocycles. The summed E-state index contributed by atoms with van der Waals surface area (Å²) in [6.07, 6.45) is 0. The van der Waals surface area contributed by atoms with Crippen LogP contribution in [0.5, 0.6) is 51.7 Å². The summed E-state index contributed by atoms with van der Waals surface area (Å²) in [6, 6.07) is 30.2. The maximum atomic E-state index is 11.4. The lowest BCUT2D eigenvalue weighted by molar-refractivity contribution is 0.330. The molecule has 10 heteroatoms. The topological polar surface area (TPSA) is 195 Å². The van der Waals surface area contributed by atoms with Crippen molar-refractivity contribution in [2.75, 3.05) is 0 Å². The second-order valence-corrected chi connectivity index (χ2v) is 11.9. The van der Waals surface area contributed by atoms with Gasteiger partial charge in [0.2, 0.25) is 28.7 Å². The van der Waals surface area contributed by atoms with E-state index in [2.05, 4.69) is 0 Å². The first kappa shape index (κ1) is 30.2. The van der Waals surface area contributed by atoms with Gasteiger partial charge in [0.05, 0.1) is 5.56 Å². The first-order chi connectivity index (χ1) is 24.1. The molecule has 8 rings (SSSR count). The quantitative estimate of drug-likeness (QED) is 0.0498. The molecule has 0 bridgehead atoms. The lowest BCUT2D eigenvalue weighted by Crippen LogP contribution is -1.92. The van der Waals surface area contributed by atoms with Gasteiger partial charge in [0.25, 0.3) is 0 Å². The molecule has 0 atom stereocenters. The van der Waals surface area contributed by atoms with Gasteiger partial charge in [-0.2, -0.15) is 0 Å². The van der Waals surface area contributed by atoms with Crippen molar-refractivity contribution in [2.24, 2.45) is 0 Å². The SMILES string of the molecule is Oc1c(O)c(O)c(-c2cccc(-c3cc4cc(-c5c6ccccc6c(-c6ccccc6)c6c(O)c(O)c(O)c(O)c56)ccc4o3)c2)c(O)c1O. The summed E-state index contributed by atoms with van der Waals surface area (Å²) in [7, 11) is 0. The predicted octanol–water partition coefficient (Wildman–Crippen LogP) is 8.76. The second kappa shape index (κ2) is 10.9. The van der Waals surface area contributed by atoms with E-state index in [-0.39, 0.29) is 21.9 Å². The number of benzene rings is 7. The van der Waals surface area contributed by atoms with Gasteiger partial charge in [-0.15, -0.1) is 0 Å². The highest BCUT2D eigenvalue weighted by molar-refractivity contribution is 6.25. The molecule has 9 N–H and O–H groups in total. The minimum absolute atomic E-state index is 0.131. The van der Waals surface area contributed by atoms with E-state index in [1.54, 1.807) is 36.4 Å². The number of phenolic OH excluding ortho intramolecular Hbond substituents is 9. The van der Waals surface area contributed by atoms with E-state index in [9.17, 15) is 46.0 Å². The Hall–Kier alpha value is -7.20. The first-order valence-electron chi connectivity index (χ1n) is 15.3. The Morgan fingerprint density at radius 3 is 1.44 bits per heavy atom. The van der Waals surface area contributed by atoms with Crippen LogP contribution in [0.1, 0.15) is 0 Å². The Kier molecular flexibility index (Phi) is 6.59. The summed E-state index contributed by atoms with van der Waals surface area (Å²) < 4.78 is 6.17. The molecule has 1 aromatic heterocycles. The molecule has 8 aromatic rings. The van der Waals surface area contributed by atoms with Gasteiger partial charge in [0.15, 0.2) is 23.0 Å². The Bertz CT molecular complexity index is 2660. The molecular weight excluding hydrogens is 640 g/mol. The number of phenols is 9. The van der Waals surface area contributed by atoms with Crippen LogP contribution in [0.2, 0.25) is 0 Å². The monoisotopic (exact) mass is 666 g/mol. The molecule has 0 spiro atoms. The highest BCUT2D eigenvalue weighted by Crippen LogP contribution is 2.57. The van der Waals surface area contributed by atoms with E-state index in [0.29, 0.717) is 44.4 Å². The van der Waals surface area contributed by atoms with Crippen LogP contribution < -0.4 is 0 Å². The maximum absolute atomic E-state index is 11.4. The van der Waals surface area contributed by atoms with E-state index in [4.69, 9.17) is 4.42 Å². The van der Waals surface area contributed by atoms with Crippen LogP contribution in [-0.4, -0.2) is 46.0 Å². The highest BCUT2D eigenvalue weighted by Gasteiger charge is 2.28.